The van der Waals surface area contributed by atoms with Gasteiger partial charge in [-0.2, -0.15) is 0 Å². The molecule has 1 unspecified atom stereocenters. The molecule has 1 N–H and O–H groups in total. The van der Waals surface area contributed by atoms with Gasteiger partial charge in [0.25, 0.3) is 5.88 Å². The molecule has 26 heavy (non-hydrogen) atoms. The van der Waals surface area contributed by atoms with Gasteiger partial charge in [0.05, 0.1) is 19.8 Å². The van der Waals surface area contributed by atoms with Crippen LogP contribution in [0.3, 0.4) is 0 Å². The molecule has 0 spiro atoms. The summed E-state index contributed by atoms with van der Waals surface area (Å²) in [4.78, 5) is 4.35. The summed E-state index contributed by atoms with van der Waals surface area (Å²) in [6.07, 6.45) is 3.30. The van der Waals surface area contributed by atoms with Crippen molar-refractivity contribution in [3.8, 4) is 11.6 Å². The van der Waals surface area contributed by atoms with Crippen molar-refractivity contribution < 1.29 is 18.8 Å². The van der Waals surface area contributed by atoms with E-state index < -0.39 is 11.4 Å². The number of hydrogen-bond acceptors (Lipinski definition) is 6. The Kier molecular flexibility index (Phi) is 9.71. The monoisotopic (exact) mass is 386 g/mol. The number of nitrogens with zero attached hydrogens (tertiary/aromatic N) is 1. The minimum Gasteiger partial charge on any atom is -0.598 e. The summed E-state index contributed by atoms with van der Waals surface area (Å²) in [6, 6.07) is 2.03. The van der Waals surface area contributed by atoms with Crippen molar-refractivity contribution in [1.82, 2.24) is 9.71 Å². The molecule has 0 fully saturated rings. The standard InChI is InChI=1S/C19H34N2O4S/c1-14(2)16(21-26(22)19(3,4)5)11-15-12-17(18(24-7)20-13-15)25-10-8-9-23-6/h12-14,16,21H,8-11H2,1-7H3/t16?,26-/m1/s1. The zero-order chi connectivity index (χ0) is 19.7. The molecule has 1 aromatic heterocycles. The Hall–Kier alpha value is -1.02. The Bertz CT molecular complexity index is 535. The average Bonchev–Trinajstić information content (AvgIpc) is 2.57. The molecule has 7 heteroatoms. The Balaban J connectivity index is 2.84. The van der Waals surface area contributed by atoms with Crippen LogP contribution in [0.2, 0.25) is 0 Å². The van der Waals surface area contributed by atoms with Crippen molar-refractivity contribution in [2.75, 3.05) is 27.4 Å². The molecule has 1 heterocycles. The van der Waals surface area contributed by atoms with Gasteiger partial charge in [-0.25, -0.2) is 4.98 Å². The Morgan fingerprint density at radius 3 is 2.46 bits per heavy atom. The number of ether oxygens (including phenoxy) is 3. The third kappa shape index (κ3) is 7.70. The number of hydrogen-bond donors (Lipinski definition) is 1. The second-order valence-electron chi connectivity index (χ2n) is 7.60. The molecule has 150 valence electrons. The van der Waals surface area contributed by atoms with Crippen molar-refractivity contribution in [2.45, 2.75) is 58.2 Å². The van der Waals surface area contributed by atoms with E-state index in [1.165, 1.54) is 0 Å². The topological polar surface area (TPSA) is 75.7 Å². The van der Waals surface area contributed by atoms with E-state index in [9.17, 15) is 4.55 Å². The Morgan fingerprint density at radius 1 is 1.23 bits per heavy atom. The SMILES string of the molecule is COCCCOc1cc(CC(N[S@+]([O-])C(C)(C)C)C(C)C)cnc1OC. The highest BCUT2D eigenvalue weighted by molar-refractivity contribution is 7.90. The molecule has 0 bridgehead atoms. The molecule has 0 saturated carbocycles. The summed E-state index contributed by atoms with van der Waals surface area (Å²) in [5, 5.41) is 0. The van der Waals surface area contributed by atoms with Gasteiger partial charge in [-0.3, -0.25) is 0 Å². The summed E-state index contributed by atoms with van der Waals surface area (Å²) < 4.78 is 31.6. The molecule has 0 radical (unpaired) electrons. The predicted octanol–water partition coefficient (Wildman–Crippen LogP) is 3.12. The predicted molar refractivity (Wildman–Crippen MR) is 106 cm³/mol. The van der Waals surface area contributed by atoms with Crippen molar-refractivity contribution >= 4 is 11.4 Å². The third-order valence-electron chi connectivity index (χ3n) is 3.89. The van der Waals surface area contributed by atoms with Crippen LogP contribution < -0.4 is 14.2 Å². The molecular formula is C19H34N2O4S. The van der Waals surface area contributed by atoms with Gasteiger partial charge < -0.3 is 18.8 Å². The van der Waals surface area contributed by atoms with Crippen LogP contribution in [0, 0.1) is 5.92 Å². The second-order valence-corrected chi connectivity index (χ2v) is 9.60. The van der Waals surface area contributed by atoms with Gasteiger partial charge in [-0.1, -0.05) is 13.8 Å². The van der Waals surface area contributed by atoms with Gasteiger partial charge in [-0.05, 0) is 44.7 Å². The van der Waals surface area contributed by atoms with E-state index in [0.29, 0.717) is 37.2 Å². The van der Waals surface area contributed by atoms with Crippen LogP contribution in [-0.4, -0.2) is 47.8 Å². The largest absolute Gasteiger partial charge is 0.598 e. The van der Waals surface area contributed by atoms with Gasteiger partial charge in [0, 0.05) is 37.7 Å². The van der Waals surface area contributed by atoms with Crippen LogP contribution in [0.15, 0.2) is 12.3 Å². The second kappa shape index (κ2) is 11.0. The van der Waals surface area contributed by atoms with E-state index in [1.54, 1.807) is 20.4 Å². The van der Waals surface area contributed by atoms with Crippen molar-refractivity contribution in [2.24, 2.45) is 5.92 Å². The molecule has 0 aromatic carbocycles. The number of nitrogens with one attached hydrogen (secondary N) is 1. The quantitative estimate of drug-likeness (QED) is 0.465. The summed E-state index contributed by atoms with van der Waals surface area (Å²) >= 11 is -1.12. The number of pyridine rings is 1. The minimum absolute atomic E-state index is 0.0756. The van der Waals surface area contributed by atoms with E-state index in [1.807, 2.05) is 26.8 Å². The van der Waals surface area contributed by atoms with Crippen LogP contribution in [0.5, 0.6) is 11.6 Å². The maximum absolute atomic E-state index is 12.5. The summed E-state index contributed by atoms with van der Waals surface area (Å²) in [5.74, 6) is 1.42. The summed E-state index contributed by atoms with van der Waals surface area (Å²) in [7, 11) is 3.25. The third-order valence-corrected chi connectivity index (χ3v) is 5.52. The first kappa shape index (κ1) is 23.0. The van der Waals surface area contributed by atoms with Crippen LogP contribution >= 0.6 is 0 Å². The number of rotatable bonds is 11. The van der Waals surface area contributed by atoms with E-state index in [4.69, 9.17) is 14.2 Å². The molecular weight excluding hydrogens is 352 g/mol. The van der Waals surface area contributed by atoms with Crippen LogP contribution in [0.25, 0.3) is 0 Å². The fraction of sp³-hybridized carbons (Fsp3) is 0.737. The first-order valence-electron chi connectivity index (χ1n) is 9.01. The average molecular weight is 387 g/mol. The lowest BCUT2D eigenvalue weighted by Crippen LogP contribution is -2.47. The molecule has 0 aliphatic rings. The lowest BCUT2D eigenvalue weighted by Gasteiger charge is -2.29. The first-order valence-corrected chi connectivity index (χ1v) is 10.2. The van der Waals surface area contributed by atoms with E-state index in [2.05, 4.69) is 23.6 Å². The lowest BCUT2D eigenvalue weighted by atomic mass is 9.98. The minimum atomic E-state index is -1.12. The smallest absolute Gasteiger partial charge is 0.256 e. The van der Waals surface area contributed by atoms with Gasteiger partial charge in [0.2, 0.25) is 0 Å². The van der Waals surface area contributed by atoms with Crippen molar-refractivity contribution in [1.29, 1.82) is 0 Å². The van der Waals surface area contributed by atoms with E-state index in [-0.39, 0.29) is 10.8 Å². The molecule has 1 aromatic rings. The maximum Gasteiger partial charge on any atom is 0.256 e. The normalized spacial score (nSPS) is 14.3. The molecule has 0 saturated heterocycles. The van der Waals surface area contributed by atoms with Crippen LogP contribution in [0.1, 0.15) is 46.6 Å². The molecule has 0 amide bonds. The van der Waals surface area contributed by atoms with Crippen LogP contribution in [-0.2, 0) is 22.5 Å². The van der Waals surface area contributed by atoms with E-state index in [0.717, 1.165) is 12.0 Å². The molecule has 0 aliphatic heterocycles. The summed E-state index contributed by atoms with van der Waals surface area (Å²) in [5.41, 5.74) is 1.02. The maximum atomic E-state index is 12.5. The number of aromatic nitrogens is 1. The lowest BCUT2D eigenvalue weighted by molar-refractivity contribution is 0.170. The number of methoxy groups -OCH3 is 2. The molecule has 1 rings (SSSR count). The van der Waals surface area contributed by atoms with Crippen LogP contribution in [0.4, 0.5) is 0 Å². The highest BCUT2D eigenvalue weighted by Gasteiger charge is 2.30. The van der Waals surface area contributed by atoms with E-state index >= 15 is 0 Å². The fourth-order valence-corrected chi connectivity index (χ4v) is 3.19. The molecule has 0 aliphatic carbocycles. The molecule has 2 atom stereocenters. The Morgan fingerprint density at radius 2 is 1.92 bits per heavy atom. The van der Waals surface area contributed by atoms with Crippen molar-refractivity contribution in [3.63, 3.8) is 0 Å². The zero-order valence-electron chi connectivity index (χ0n) is 17.1. The highest BCUT2D eigenvalue weighted by Crippen LogP contribution is 2.27. The summed E-state index contributed by atoms with van der Waals surface area (Å²) in [6.45, 7) is 11.3. The molecule has 6 nitrogen and oxygen atoms in total. The fourth-order valence-electron chi connectivity index (χ4n) is 2.21. The van der Waals surface area contributed by atoms with Crippen molar-refractivity contribution in [3.05, 3.63) is 17.8 Å². The van der Waals surface area contributed by atoms with Gasteiger partial charge in [0.1, 0.15) is 4.75 Å². The highest BCUT2D eigenvalue weighted by atomic mass is 32.2. The zero-order valence-corrected chi connectivity index (χ0v) is 17.9. The van der Waals surface area contributed by atoms with Gasteiger partial charge >= 0.3 is 0 Å². The first-order chi connectivity index (χ1) is 12.2. The Labute approximate surface area is 161 Å². The van der Waals surface area contributed by atoms with Gasteiger partial charge in [-0.15, -0.1) is 4.72 Å². The van der Waals surface area contributed by atoms with Gasteiger partial charge in [0.15, 0.2) is 5.75 Å².